The number of nitrogens with one attached hydrogen (secondary N) is 2. The largest absolute Gasteiger partial charge is 0.497 e. The number of aryl methyl sites for hydroxylation is 1. The molecule has 4 N–H and O–H groups in total. The molecule has 0 unspecified atom stereocenters. The summed E-state index contributed by atoms with van der Waals surface area (Å²) in [6.07, 6.45) is 0. The lowest BCUT2D eigenvalue weighted by Crippen LogP contribution is -2.36. The van der Waals surface area contributed by atoms with Crippen LogP contribution in [0, 0.1) is 12.3 Å². The van der Waals surface area contributed by atoms with Gasteiger partial charge in [-0.15, -0.1) is 5.10 Å². The first-order valence-corrected chi connectivity index (χ1v) is 5.75. The zero-order valence-electron chi connectivity index (χ0n) is 11.0. The molecule has 2 aromatic rings. The van der Waals surface area contributed by atoms with Crippen LogP contribution in [0.1, 0.15) is 16.2 Å². The molecule has 1 heterocycles. The van der Waals surface area contributed by atoms with Gasteiger partial charge in [0.15, 0.2) is 11.7 Å². The van der Waals surface area contributed by atoms with Crippen molar-refractivity contribution in [2.24, 2.45) is 5.73 Å². The molecule has 0 spiro atoms. The Bertz CT molecular complexity index is 664. The number of ether oxygens (including phenoxy) is 1. The van der Waals surface area contributed by atoms with Gasteiger partial charge in [0.05, 0.1) is 18.5 Å². The van der Waals surface area contributed by atoms with Crippen molar-refractivity contribution in [2.75, 3.05) is 7.11 Å². The number of nitrogens with two attached hydrogens (primary N) is 1. The number of carbonyl (C=O) groups excluding carboxylic acids is 1. The highest BCUT2D eigenvalue weighted by Crippen LogP contribution is 2.15. The van der Waals surface area contributed by atoms with Crippen LogP contribution in [0.15, 0.2) is 24.3 Å². The lowest BCUT2D eigenvalue weighted by Gasteiger charge is -2.02. The normalized spacial score (nSPS) is 10.1. The summed E-state index contributed by atoms with van der Waals surface area (Å²) < 4.78 is 5.12. The summed E-state index contributed by atoms with van der Waals surface area (Å²) in [6, 6.07) is 7.12. The minimum atomic E-state index is -0.566. The van der Waals surface area contributed by atoms with E-state index in [9.17, 15) is 4.79 Å². The van der Waals surface area contributed by atoms with Crippen LogP contribution in [-0.4, -0.2) is 34.0 Å². The minimum absolute atomic E-state index is 0.114. The molecular formula is C12H14N6O2. The van der Waals surface area contributed by atoms with Gasteiger partial charge in [-0.3, -0.25) is 15.5 Å². The smallest absolute Gasteiger partial charge is 0.280 e. The fourth-order valence-corrected chi connectivity index (χ4v) is 1.62. The maximum absolute atomic E-state index is 11.8. The first-order valence-electron chi connectivity index (χ1n) is 5.75. The molecule has 1 aromatic carbocycles. The lowest BCUT2D eigenvalue weighted by molar-refractivity contribution is 0.0970. The average molecular weight is 274 g/mol. The lowest BCUT2D eigenvalue weighted by atomic mass is 10.3. The van der Waals surface area contributed by atoms with Crippen molar-refractivity contribution < 1.29 is 9.53 Å². The molecule has 1 amide bonds. The topological polar surface area (TPSA) is 119 Å². The fraction of sp³-hybridized carbons (Fsp3) is 0.167. The van der Waals surface area contributed by atoms with E-state index in [-0.39, 0.29) is 5.69 Å². The Kier molecular flexibility index (Phi) is 3.65. The molecule has 104 valence electrons. The number of aromatic nitrogens is 3. The molecule has 20 heavy (non-hydrogen) atoms. The van der Waals surface area contributed by atoms with Gasteiger partial charge in [0, 0.05) is 6.07 Å². The van der Waals surface area contributed by atoms with Crippen molar-refractivity contribution in [3.63, 3.8) is 0 Å². The quantitative estimate of drug-likeness (QED) is 0.546. The van der Waals surface area contributed by atoms with E-state index in [2.05, 4.69) is 15.5 Å². The van der Waals surface area contributed by atoms with E-state index in [0.29, 0.717) is 17.1 Å². The third kappa shape index (κ3) is 2.74. The summed E-state index contributed by atoms with van der Waals surface area (Å²) in [6.45, 7) is 1.65. The Balaban J connectivity index is 2.35. The van der Waals surface area contributed by atoms with Gasteiger partial charge >= 0.3 is 0 Å². The Labute approximate surface area is 115 Å². The second-order valence-electron chi connectivity index (χ2n) is 3.99. The Morgan fingerprint density at radius 1 is 1.45 bits per heavy atom. The first-order chi connectivity index (χ1) is 9.51. The molecule has 8 heteroatoms. The highest BCUT2D eigenvalue weighted by molar-refractivity contribution is 6.03. The third-order valence-electron chi connectivity index (χ3n) is 2.53. The van der Waals surface area contributed by atoms with E-state index in [1.807, 2.05) is 0 Å². The van der Waals surface area contributed by atoms with Crippen molar-refractivity contribution in [2.45, 2.75) is 6.92 Å². The molecule has 0 radical (unpaired) electrons. The molecule has 0 fully saturated rings. The van der Waals surface area contributed by atoms with Crippen LogP contribution >= 0.6 is 0 Å². The number of rotatable bonds is 3. The van der Waals surface area contributed by atoms with Gasteiger partial charge in [0.2, 0.25) is 0 Å². The van der Waals surface area contributed by atoms with Crippen LogP contribution in [0.4, 0.5) is 0 Å². The molecule has 0 atom stereocenters. The SMILES string of the molecule is COc1cccc(-n2nc(C)c(C(=O)NC(=N)N)n2)c1. The van der Waals surface area contributed by atoms with Crippen LogP contribution in [0.5, 0.6) is 5.75 Å². The minimum Gasteiger partial charge on any atom is -0.497 e. The van der Waals surface area contributed by atoms with Gasteiger partial charge in [-0.1, -0.05) is 6.07 Å². The third-order valence-corrected chi connectivity index (χ3v) is 2.53. The summed E-state index contributed by atoms with van der Waals surface area (Å²) in [4.78, 5) is 13.1. The average Bonchev–Trinajstić information content (AvgIpc) is 2.80. The van der Waals surface area contributed by atoms with Crippen LogP contribution in [-0.2, 0) is 0 Å². The Morgan fingerprint density at radius 2 is 2.20 bits per heavy atom. The summed E-state index contributed by atoms with van der Waals surface area (Å²) in [7, 11) is 1.56. The standard InChI is InChI=1S/C12H14N6O2/c1-7-10(11(19)15-12(13)14)17-18(16-7)8-4-3-5-9(6-8)20-2/h3-6H,1-2H3,(H4,13,14,15,19). The number of nitrogens with zero attached hydrogens (tertiary/aromatic N) is 3. The first kappa shape index (κ1) is 13.5. The van der Waals surface area contributed by atoms with E-state index >= 15 is 0 Å². The van der Waals surface area contributed by atoms with Gasteiger partial charge in [-0.2, -0.15) is 9.90 Å². The molecule has 0 aliphatic heterocycles. The van der Waals surface area contributed by atoms with Crippen molar-refractivity contribution in [3.05, 3.63) is 35.7 Å². The van der Waals surface area contributed by atoms with Gasteiger partial charge in [0.1, 0.15) is 5.75 Å². The van der Waals surface area contributed by atoms with Crippen LogP contribution in [0.3, 0.4) is 0 Å². The van der Waals surface area contributed by atoms with Crippen molar-refractivity contribution in [1.29, 1.82) is 5.41 Å². The van der Waals surface area contributed by atoms with Crippen molar-refractivity contribution in [3.8, 4) is 11.4 Å². The zero-order chi connectivity index (χ0) is 14.7. The molecule has 0 saturated carbocycles. The summed E-state index contributed by atoms with van der Waals surface area (Å²) >= 11 is 0. The highest BCUT2D eigenvalue weighted by atomic mass is 16.5. The number of carbonyl (C=O) groups is 1. The monoisotopic (exact) mass is 274 g/mol. The van der Waals surface area contributed by atoms with E-state index in [4.69, 9.17) is 15.9 Å². The van der Waals surface area contributed by atoms with Crippen LogP contribution in [0.2, 0.25) is 0 Å². The maximum atomic E-state index is 11.8. The second-order valence-corrected chi connectivity index (χ2v) is 3.99. The van der Waals surface area contributed by atoms with Crippen molar-refractivity contribution in [1.82, 2.24) is 20.3 Å². The summed E-state index contributed by atoms with van der Waals surface area (Å²) in [5.74, 6) is -0.346. The van der Waals surface area contributed by atoms with E-state index in [1.165, 1.54) is 4.80 Å². The van der Waals surface area contributed by atoms with Gasteiger partial charge in [-0.05, 0) is 19.1 Å². The van der Waals surface area contributed by atoms with Gasteiger partial charge in [0.25, 0.3) is 5.91 Å². The molecule has 8 nitrogen and oxygen atoms in total. The molecule has 1 aromatic heterocycles. The predicted octanol–water partition coefficient (Wildman–Crippen LogP) is 0.208. The second kappa shape index (κ2) is 5.39. The molecule has 2 rings (SSSR count). The molecule has 0 saturated heterocycles. The van der Waals surface area contributed by atoms with Gasteiger partial charge < -0.3 is 10.5 Å². The number of guanidine groups is 1. The van der Waals surface area contributed by atoms with Crippen molar-refractivity contribution >= 4 is 11.9 Å². The fourth-order valence-electron chi connectivity index (χ4n) is 1.62. The van der Waals surface area contributed by atoms with Gasteiger partial charge in [-0.25, -0.2) is 0 Å². The molecule has 0 bridgehead atoms. The van der Waals surface area contributed by atoms with E-state index < -0.39 is 11.9 Å². The molecule has 0 aliphatic carbocycles. The van der Waals surface area contributed by atoms with E-state index in [0.717, 1.165) is 0 Å². The predicted molar refractivity (Wildman–Crippen MR) is 72.0 cm³/mol. The highest BCUT2D eigenvalue weighted by Gasteiger charge is 2.16. The number of methoxy groups -OCH3 is 1. The van der Waals surface area contributed by atoms with E-state index in [1.54, 1.807) is 38.3 Å². The number of benzene rings is 1. The summed E-state index contributed by atoms with van der Waals surface area (Å²) in [5.41, 5.74) is 6.33. The zero-order valence-corrected chi connectivity index (χ0v) is 11.0. The van der Waals surface area contributed by atoms with Crippen LogP contribution in [0.25, 0.3) is 5.69 Å². The molecule has 0 aliphatic rings. The maximum Gasteiger partial charge on any atom is 0.280 e. The number of hydrogen-bond donors (Lipinski definition) is 3. The number of amides is 1. The summed E-state index contributed by atoms with van der Waals surface area (Å²) in [5, 5.41) is 17.5. The van der Waals surface area contributed by atoms with Crippen LogP contribution < -0.4 is 15.8 Å². The Hall–Kier alpha value is -2.90. The molecular weight excluding hydrogens is 260 g/mol. The number of hydrogen-bond acceptors (Lipinski definition) is 5. The Morgan fingerprint density at radius 3 is 2.85 bits per heavy atom.